The monoisotopic (exact) mass is 345 g/mol. The second-order valence-corrected chi connectivity index (χ2v) is 5.60. The number of hydrogen-bond donors (Lipinski definition) is 1. The van der Waals surface area contributed by atoms with E-state index in [0.29, 0.717) is 27.8 Å². The van der Waals surface area contributed by atoms with Gasteiger partial charge in [-0.3, -0.25) is 4.79 Å². The highest BCUT2D eigenvalue weighted by Gasteiger charge is 2.24. The number of anilines is 1. The number of halogens is 1. The van der Waals surface area contributed by atoms with E-state index in [4.69, 9.17) is 25.8 Å². The largest absolute Gasteiger partial charge is 0.493 e. The summed E-state index contributed by atoms with van der Waals surface area (Å²) in [5.41, 5.74) is 2.79. The third-order valence-corrected chi connectivity index (χ3v) is 4.00. The van der Waals surface area contributed by atoms with E-state index in [-0.39, 0.29) is 5.91 Å². The Kier molecular flexibility index (Phi) is 4.36. The van der Waals surface area contributed by atoms with E-state index in [0.717, 1.165) is 16.8 Å². The Bertz CT molecular complexity index is 820. The van der Waals surface area contributed by atoms with Gasteiger partial charge in [0, 0.05) is 21.8 Å². The number of hydrogen-bond acceptors (Lipinski definition) is 4. The molecule has 0 atom stereocenters. The van der Waals surface area contributed by atoms with Gasteiger partial charge in [-0.15, -0.1) is 0 Å². The lowest BCUT2D eigenvalue weighted by Crippen LogP contribution is -2.03. The van der Waals surface area contributed by atoms with Crippen molar-refractivity contribution in [2.24, 2.45) is 0 Å². The molecule has 0 fully saturated rings. The van der Waals surface area contributed by atoms with Gasteiger partial charge in [0.05, 0.1) is 21.3 Å². The quantitative estimate of drug-likeness (QED) is 0.855. The minimum absolute atomic E-state index is 0.180. The second kappa shape index (κ2) is 6.45. The Balaban J connectivity index is 2.13. The number of carbonyl (C=O) groups is 1. The number of methoxy groups -OCH3 is 3. The van der Waals surface area contributed by atoms with Crippen LogP contribution in [0.2, 0.25) is 5.02 Å². The van der Waals surface area contributed by atoms with Crippen molar-refractivity contribution in [3.63, 3.8) is 0 Å². The molecular weight excluding hydrogens is 330 g/mol. The minimum Gasteiger partial charge on any atom is -0.493 e. The zero-order valence-corrected chi connectivity index (χ0v) is 14.2. The molecule has 0 saturated carbocycles. The molecule has 1 N–H and O–H groups in total. The topological polar surface area (TPSA) is 56.8 Å². The van der Waals surface area contributed by atoms with Crippen LogP contribution in [0.25, 0.3) is 11.6 Å². The molecule has 3 rings (SSSR count). The van der Waals surface area contributed by atoms with Crippen LogP contribution >= 0.6 is 11.6 Å². The average molecular weight is 346 g/mol. The van der Waals surface area contributed by atoms with Crippen LogP contribution in [0.4, 0.5) is 5.69 Å². The van der Waals surface area contributed by atoms with Gasteiger partial charge >= 0.3 is 0 Å². The molecule has 1 amide bonds. The van der Waals surface area contributed by atoms with E-state index in [2.05, 4.69) is 5.32 Å². The molecule has 0 spiro atoms. The molecule has 1 aliphatic rings. The number of fused-ring (bicyclic) bond motifs is 1. The maximum Gasteiger partial charge on any atom is 0.256 e. The molecule has 0 aliphatic carbocycles. The van der Waals surface area contributed by atoms with E-state index >= 15 is 0 Å². The zero-order chi connectivity index (χ0) is 17.3. The van der Waals surface area contributed by atoms with Crippen molar-refractivity contribution in [3.8, 4) is 17.2 Å². The predicted octanol–water partition coefficient (Wildman–Crippen LogP) is 3.86. The summed E-state index contributed by atoms with van der Waals surface area (Å²) >= 11 is 6.05. The Hall–Kier alpha value is -2.66. The standard InChI is InChI=1S/C18H16ClNO4/c1-22-15-7-10(8-16(23-2)17(15)24-3)6-13-12-9-11(19)4-5-14(12)20-18(13)21/h4-9H,1-3H3,(H,20,21)/b13-6-. The van der Waals surface area contributed by atoms with E-state index in [1.807, 2.05) is 0 Å². The van der Waals surface area contributed by atoms with Gasteiger partial charge in [-0.25, -0.2) is 0 Å². The van der Waals surface area contributed by atoms with Crippen molar-refractivity contribution < 1.29 is 19.0 Å². The molecule has 2 aromatic carbocycles. The van der Waals surface area contributed by atoms with Crippen LogP contribution in [0.5, 0.6) is 17.2 Å². The Morgan fingerprint density at radius 2 is 1.67 bits per heavy atom. The van der Waals surface area contributed by atoms with E-state index in [1.165, 1.54) is 0 Å². The lowest BCUT2D eigenvalue weighted by atomic mass is 10.0. The van der Waals surface area contributed by atoms with Crippen LogP contribution in [-0.4, -0.2) is 27.2 Å². The van der Waals surface area contributed by atoms with Gasteiger partial charge in [-0.05, 0) is 42.0 Å². The molecule has 6 heteroatoms. The maximum atomic E-state index is 12.3. The number of ether oxygens (including phenoxy) is 3. The molecule has 1 heterocycles. The van der Waals surface area contributed by atoms with Crippen LogP contribution < -0.4 is 19.5 Å². The van der Waals surface area contributed by atoms with Crippen molar-refractivity contribution in [2.75, 3.05) is 26.6 Å². The fourth-order valence-electron chi connectivity index (χ4n) is 2.65. The highest BCUT2D eigenvalue weighted by molar-refractivity contribution is 6.36. The summed E-state index contributed by atoms with van der Waals surface area (Å²) in [6.45, 7) is 0. The Morgan fingerprint density at radius 1 is 1.00 bits per heavy atom. The SMILES string of the molecule is COc1cc(/C=C2\C(=O)Nc3ccc(Cl)cc32)cc(OC)c1OC. The Morgan fingerprint density at radius 3 is 2.25 bits per heavy atom. The third-order valence-electron chi connectivity index (χ3n) is 3.76. The van der Waals surface area contributed by atoms with Gasteiger partial charge in [-0.2, -0.15) is 0 Å². The zero-order valence-electron chi connectivity index (χ0n) is 13.5. The van der Waals surface area contributed by atoms with Crippen molar-refractivity contribution in [1.82, 2.24) is 0 Å². The average Bonchev–Trinajstić information content (AvgIpc) is 2.89. The smallest absolute Gasteiger partial charge is 0.256 e. The van der Waals surface area contributed by atoms with E-state index in [1.54, 1.807) is 57.7 Å². The number of rotatable bonds is 4. The summed E-state index contributed by atoms with van der Waals surface area (Å²) in [5, 5.41) is 3.39. The molecule has 0 bridgehead atoms. The minimum atomic E-state index is -0.180. The summed E-state index contributed by atoms with van der Waals surface area (Å²) < 4.78 is 16.0. The Labute approximate surface area is 144 Å². The fraction of sp³-hybridized carbons (Fsp3) is 0.167. The molecule has 2 aromatic rings. The number of carbonyl (C=O) groups excluding carboxylic acids is 1. The van der Waals surface area contributed by atoms with Gasteiger partial charge in [0.1, 0.15) is 0 Å². The van der Waals surface area contributed by atoms with Crippen LogP contribution in [0.1, 0.15) is 11.1 Å². The van der Waals surface area contributed by atoms with Gasteiger partial charge in [0.2, 0.25) is 5.75 Å². The molecule has 0 unspecified atom stereocenters. The number of benzene rings is 2. The molecule has 124 valence electrons. The maximum absolute atomic E-state index is 12.3. The van der Waals surface area contributed by atoms with Crippen molar-refractivity contribution in [1.29, 1.82) is 0 Å². The molecule has 5 nitrogen and oxygen atoms in total. The summed E-state index contributed by atoms with van der Waals surface area (Å²) in [4.78, 5) is 12.3. The van der Waals surface area contributed by atoms with Crippen molar-refractivity contribution >= 4 is 34.8 Å². The van der Waals surface area contributed by atoms with Gasteiger partial charge in [-0.1, -0.05) is 11.6 Å². The van der Waals surface area contributed by atoms with Gasteiger partial charge in [0.15, 0.2) is 11.5 Å². The molecule has 0 aromatic heterocycles. The normalized spacial score (nSPS) is 14.3. The predicted molar refractivity (Wildman–Crippen MR) is 94.1 cm³/mol. The first-order chi connectivity index (χ1) is 11.6. The molecule has 0 saturated heterocycles. The molecule has 0 radical (unpaired) electrons. The van der Waals surface area contributed by atoms with E-state index in [9.17, 15) is 4.79 Å². The van der Waals surface area contributed by atoms with Crippen molar-refractivity contribution in [3.05, 3.63) is 46.5 Å². The number of nitrogens with one attached hydrogen (secondary N) is 1. The number of amides is 1. The first kappa shape index (κ1) is 16.2. The summed E-state index contributed by atoms with van der Waals surface area (Å²) in [6, 6.07) is 8.85. The van der Waals surface area contributed by atoms with Crippen LogP contribution in [0, 0.1) is 0 Å². The lowest BCUT2D eigenvalue weighted by molar-refractivity contribution is -0.110. The molecule has 24 heavy (non-hydrogen) atoms. The highest BCUT2D eigenvalue weighted by atomic mass is 35.5. The summed E-state index contributed by atoms with van der Waals surface area (Å²) in [6.07, 6.45) is 1.77. The van der Waals surface area contributed by atoms with Crippen LogP contribution in [0.3, 0.4) is 0 Å². The third kappa shape index (κ3) is 2.78. The lowest BCUT2D eigenvalue weighted by Gasteiger charge is -2.13. The fourth-order valence-corrected chi connectivity index (χ4v) is 2.83. The van der Waals surface area contributed by atoms with Crippen molar-refractivity contribution in [2.45, 2.75) is 0 Å². The van der Waals surface area contributed by atoms with Gasteiger partial charge in [0.25, 0.3) is 5.91 Å². The van der Waals surface area contributed by atoms with Crippen LogP contribution in [-0.2, 0) is 4.79 Å². The summed E-state index contributed by atoms with van der Waals surface area (Å²) in [7, 11) is 4.64. The highest BCUT2D eigenvalue weighted by Crippen LogP contribution is 2.40. The second-order valence-electron chi connectivity index (χ2n) is 5.16. The first-order valence-electron chi connectivity index (χ1n) is 7.20. The first-order valence-corrected chi connectivity index (χ1v) is 7.58. The van der Waals surface area contributed by atoms with Gasteiger partial charge < -0.3 is 19.5 Å². The molecule has 1 aliphatic heterocycles. The van der Waals surface area contributed by atoms with E-state index < -0.39 is 0 Å². The molecular formula is C18H16ClNO4. The van der Waals surface area contributed by atoms with Crippen LogP contribution in [0.15, 0.2) is 30.3 Å². The summed E-state index contributed by atoms with van der Waals surface area (Å²) in [5.74, 6) is 1.37.